The van der Waals surface area contributed by atoms with Crippen LogP contribution >= 0.6 is 11.6 Å². The first kappa shape index (κ1) is 28.4. The van der Waals surface area contributed by atoms with E-state index in [4.69, 9.17) is 21.3 Å². The fraction of sp³-hybridized carbons (Fsp3) is 0.387. The van der Waals surface area contributed by atoms with Gasteiger partial charge in [0.2, 0.25) is 0 Å². The highest BCUT2D eigenvalue weighted by molar-refractivity contribution is 6.32. The number of likely N-dealkylation sites (tertiary alicyclic amines) is 1. The predicted molar refractivity (Wildman–Crippen MR) is 160 cm³/mol. The smallest absolute Gasteiger partial charge is 0.259 e. The first-order chi connectivity index (χ1) is 20.2. The molecular formula is C31H33ClFN5O4. The number of carbonyl (C=O) groups excluding carboxylic acids is 1. The monoisotopic (exact) mass is 593 g/mol. The van der Waals surface area contributed by atoms with Gasteiger partial charge in [-0.2, -0.15) is 0 Å². The Balaban J connectivity index is 1.15. The fourth-order valence-corrected chi connectivity index (χ4v) is 6.13. The number of rotatable bonds is 8. The van der Waals surface area contributed by atoms with Crippen LogP contribution in [-0.2, 0) is 13.0 Å². The molecule has 1 atom stereocenters. The summed E-state index contributed by atoms with van der Waals surface area (Å²) in [5.74, 6) is -0.664. The number of nitrogens with one attached hydrogen (secondary N) is 2. The van der Waals surface area contributed by atoms with E-state index in [-0.39, 0.29) is 41.4 Å². The van der Waals surface area contributed by atoms with E-state index in [0.29, 0.717) is 46.7 Å². The molecule has 1 saturated heterocycles. The highest BCUT2D eigenvalue weighted by atomic mass is 35.5. The molecule has 3 aromatic rings. The third-order valence-corrected chi connectivity index (χ3v) is 8.79. The number of hydrogen-bond donors (Lipinski definition) is 3. The molecule has 1 aromatic heterocycles. The maximum Gasteiger partial charge on any atom is 0.259 e. The second kappa shape index (κ2) is 11.5. The molecular weight excluding hydrogens is 561 g/mol. The van der Waals surface area contributed by atoms with Crippen molar-refractivity contribution in [1.82, 2.24) is 14.8 Å². The van der Waals surface area contributed by atoms with Crippen molar-refractivity contribution in [3.05, 3.63) is 85.5 Å². The first-order valence-electron chi connectivity index (χ1n) is 14.1. The summed E-state index contributed by atoms with van der Waals surface area (Å²) in [5, 5.41) is 13.8. The molecule has 11 heteroatoms. The minimum absolute atomic E-state index is 0.0390. The van der Waals surface area contributed by atoms with Crippen LogP contribution in [0.4, 0.5) is 15.8 Å². The lowest BCUT2D eigenvalue weighted by atomic mass is 10.00. The number of ether oxygens (including phenoxy) is 1. The Morgan fingerprint density at radius 3 is 2.79 bits per heavy atom. The van der Waals surface area contributed by atoms with Gasteiger partial charge in [0.1, 0.15) is 12.7 Å². The maximum atomic E-state index is 14.1. The number of aromatic nitrogens is 1. The zero-order valence-electron chi connectivity index (χ0n) is 23.5. The molecule has 1 amide bonds. The van der Waals surface area contributed by atoms with E-state index < -0.39 is 11.9 Å². The van der Waals surface area contributed by atoms with Crippen molar-refractivity contribution in [2.24, 2.45) is 4.99 Å². The highest BCUT2D eigenvalue weighted by Crippen LogP contribution is 2.37. The lowest BCUT2D eigenvalue weighted by molar-refractivity contribution is 0.0617. The number of aromatic amines is 1. The van der Waals surface area contributed by atoms with E-state index in [1.807, 2.05) is 11.0 Å². The van der Waals surface area contributed by atoms with Gasteiger partial charge in [-0.1, -0.05) is 23.7 Å². The van der Waals surface area contributed by atoms with E-state index in [9.17, 15) is 19.1 Å². The van der Waals surface area contributed by atoms with Gasteiger partial charge < -0.3 is 29.9 Å². The summed E-state index contributed by atoms with van der Waals surface area (Å²) >= 11 is 6.16. The molecule has 9 nitrogen and oxygen atoms in total. The number of carbonyl (C=O) groups is 1. The third kappa shape index (κ3) is 5.42. The lowest BCUT2D eigenvalue weighted by Crippen LogP contribution is -2.43. The van der Waals surface area contributed by atoms with Gasteiger partial charge in [0.15, 0.2) is 11.6 Å². The van der Waals surface area contributed by atoms with Crippen LogP contribution in [0.5, 0.6) is 5.75 Å². The van der Waals surface area contributed by atoms with Crippen LogP contribution in [0.3, 0.4) is 0 Å². The normalized spacial score (nSPS) is 17.7. The minimum Gasteiger partial charge on any atom is -0.486 e. The predicted octanol–water partition coefficient (Wildman–Crippen LogP) is 4.05. The Bertz CT molecular complexity index is 1630. The minimum atomic E-state index is -1.02. The van der Waals surface area contributed by atoms with Crippen molar-refractivity contribution < 1.29 is 19.0 Å². The van der Waals surface area contributed by atoms with Crippen LogP contribution in [0.15, 0.2) is 46.3 Å². The zero-order valence-corrected chi connectivity index (χ0v) is 24.3. The van der Waals surface area contributed by atoms with Gasteiger partial charge >= 0.3 is 0 Å². The van der Waals surface area contributed by atoms with Gasteiger partial charge in [-0.15, -0.1) is 0 Å². The van der Waals surface area contributed by atoms with Crippen LogP contribution in [0.2, 0.25) is 5.02 Å². The SMILES string of the molecule is Cc1ccc(F)c(OC[C@H](O)CNc2cc[nH]c(=O)c2C2=Nc3cc4c(cc3C2)CN(C2CCN(C)CC2)C4=O)c1Cl. The summed E-state index contributed by atoms with van der Waals surface area (Å²) in [6, 6.07) is 8.68. The van der Waals surface area contributed by atoms with Crippen molar-refractivity contribution in [3.63, 3.8) is 0 Å². The van der Waals surface area contributed by atoms with Crippen LogP contribution in [0.25, 0.3) is 0 Å². The number of benzene rings is 2. The first-order valence-corrected chi connectivity index (χ1v) is 14.5. The van der Waals surface area contributed by atoms with Gasteiger partial charge in [-0.25, -0.2) is 4.39 Å². The molecule has 0 unspecified atom stereocenters. The third-order valence-electron chi connectivity index (χ3n) is 8.32. The number of nitrogens with zero attached hydrogens (tertiary/aromatic N) is 3. The van der Waals surface area contributed by atoms with Crippen molar-refractivity contribution in [3.8, 4) is 5.75 Å². The number of aryl methyl sites for hydroxylation is 1. The number of fused-ring (bicyclic) bond motifs is 2. The summed E-state index contributed by atoms with van der Waals surface area (Å²) in [5.41, 5.74) is 5.16. The second-order valence-corrected chi connectivity index (χ2v) is 11.7. The largest absolute Gasteiger partial charge is 0.486 e. The number of pyridine rings is 1. The molecule has 0 spiro atoms. The van der Waals surface area contributed by atoms with Crippen molar-refractivity contribution in [2.75, 3.05) is 38.6 Å². The summed E-state index contributed by atoms with van der Waals surface area (Å²) in [4.78, 5) is 38.0. The van der Waals surface area contributed by atoms with Crippen LogP contribution in [0, 0.1) is 12.7 Å². The number of anilines is 1. The van der Waals surface area contributed by atoms with Crippen molar-refractivity contribution in [2.45, 2.75) is 44.9 Å². The van der Waals surface area contributed by atoms with Gasteiger partial charge in [0, 0.05) is 37.3 Å². The van der Waals surface area contributed by atoms with E-state index in [0.717, 1.165) is 37.1 Å². The number of aliphatic hydroxyl groups is 1. The Hall–Kier alpha value is -3.73. The molecule has 6 rings (SSSR count). The average Bonchev–Trinajstić information content (AvgIpc) is 3.53. The van der Waals surface area contributed by atoms with Crippen LogP contribution in [0.1, 0.15) is 45.5 Å². The number of aliphatic hydroxyl groups excluding tert-OH is 1. The number of halogens is 2. The molecule has 2 aromatic carbocycles. The molecule has 0 aliphatic carbocycles. The molecule has 3 N–H and O–H groups in total. The standard InChI is InChI=1S/C31H33ClFN5O4/c1-17-3-4-23(33)29(28(17)32)42-16-21(39)14-35-24-5-8-34-30(40)27(24)26-12-18-11-19-15-38(20-6-9-37(2)10-7-20)31(41)22(19)13-25(18)36-26/h3-5,8,11,13,20-21,39H,6-7,9-10,12,14-16H2,1-2H3,(H2,34,35,40)/t21-/m1/s1. The lowest BCUT2D eigenvalue weighted by Gasteiger charge is -2.34. The zero-order chi connectivity index (χ0) is 29.5. The van der Waals surface area contributed by atoms with Crippen LogP contribution in [-0.4, -0.2) is 76.9 Å². The quantitative estimate of drug-likeness (QED) is 0.363. The Morgan fingerprint density at radius 1 is 1.21 bits per heavy atom. The Labute approximate surface area is 248 Å². The van der Waals surface area contributed by atoms with Crippen molar-refractivity contribution >= 4 is 34.6 Å². The van der Waals surface area contributed by atoms with E-state index in [1.165, 1.54) is 12.3 Å². The fourth-order valence-electron chi connectivity index (χ4n) is 5.92. The van der Waals surface area contributed by atoms with E-state index in [1.54, 1.807) is 19.1 Å². The number of hydrogen-bond acceptors (Lipinski definition) is 7. The Morgan fingerprint density at radius 2 is 2.00 bits per heavy atom. The van der Waals surface area contributed by atoms with Gasteiger partial charge in [-0.05, 0) is 74.8 Å². The number of amides is 1. The van der Waals surface area contributed by atoms with Crippen molar-refractivity contribution in [1.29, 1.82) is 0 Å². The van der Waals surface area contributed by atoms with Gasteiger partial charge in [-0.3, -0.25) is 14.6 Å². The number of aliphatic imine (C=N–C) groups is 1. The molecule has 42 heavy (non-hydrogen) atoms. The molecule has 220 valence electrons. The second-order valence-electron chi connectivity index (χ2n) is 11.3. The molecule has 0 bridgehead atoms. The molecule has 0 radical (unpaired) electrons. The van der Waals surface area contributed by atoms with Gasteiger partial charge in [0.25, 0.3) is 11.5 Å². The number of piperidine rings is 1. The molecule has 3 aliphatic rings. The number of H-pyrrole nitrogens is 1. The van der Waals surface area contributed by atoms with Gasteiger partial charge in [0.05, 0.1) is 27.7 Å². The summed E-state index contributed by atoms with van der Waals surface area (Å²) < 4.78 is 19.6. The summed E-state index contributed by atoms with van der Waals surface area (Å²) in [6.07, 6.45) is 2.90. The highest BCUT2D eigenvalue weighted by Gasteiger charge is 2.35. The molecule has 0 saturated carbocycles. The van der Waals surface area contributed by atoms with E-state index >= 15 is 0 Å². The summed E-state index contributed by atoms with van der Waals surface area (Å²) in [7, 11) is 2.11. The topological polar surface area (TPSA) is 110 Å². The molecule has 3 aliphatic heterocycles. The maximum absolute atomic E-state index is 14.1. The Kier molecular flexibility index (Phi) is 7.78. The summed E-state index contributed by atoms with van der Waals surface area (Å²) in [6.45, 7) is 4.15. The molecule has 4 heterocycles. The van der Waals surface area contributed by atoms with E-state index in [2.05, 4.69) is 28.3 Å². The van der Waals surface area contributed by atoms with Crippen LogP contribution < -0.4 is 15.6 Å². The molecule has 1 fully saturated rings. The average molecular weight is 594 g/mol.